The summed E-state index contributed by atoms with van der Waals surface area (Å²) in [6, 6.07) is 30.9. The van der Waals surface area contributed by atoms with E-state index in [1.54, 1.807) is 73.7 Å². The standard InChI is InChI=1S/C30H29N3O4S/c1-22-13-9-12-20-28(22)33(38(36,37)25-16-7-4-8-17-25)21-29(34)32-27-19-11-10-18-26(27)30(35)31-23(2)24-14-5-3-6-15-24/h3-20,23H,21H2,1-2H3,(H,31,35)(H,32,34)/t23-/m1/s1. The van der Waals surface area contributed by atoms with Crippen LogP contribution in [0.4, 0.5) is 11.4 Å². The van der Waals surface area contributed by atoms with Crippen molar-refractivity contribution in [2.45, 2.75) is 24.8 Å². The Bertz CT molecular complexity index is 1520. The van der Waals surface area contributed by atoms with E-state index >= 15 is 0 Å². The molecule has 4 rings (SSSR count). The van der Waals surface area contributed by atoms with Crippen molar-refractivity contribution in [2.24, 2.45) is 0 Å². The molecule has 0 unspecified atom stereocenters. The molecule has 0 heterocycles. The van der Waals surface area contributed by atoms with E-state index in [0.717, 1.165) is 9.87 Å². The van der Waals surface area contributed by atoms with Gasteiger partial charge in [0.2, 0.25) is 5.91 Å². The number of rotatable bonds is 9. The third kappa shape index (κ3) is 6.10. The van der Waals surface area contributed by atoms with Crippen LogP contribution < -0.4 is 14.9 Å². The van der Waals surface area contributed by atoms with Gasteiger partial charge >= 0.3 is 0 Å². The molecular formula is C30H29N3O4S. The lowest BCUT2D eigenvalue weighted by Gasteiger charge is -2.25. The lowest BCUT2D eigenvalue weighted by atomic mass is 10.1. The number of amides is 2. The highest BCUT2D eigenvalue weighted by Gasteiger charge is 2.28. The zero-order chi connectivity index (χ0) is 27.1. The molecule has 2 N–H and O–H groups in total. The SMILES string of the molecule is Cc1ccccc1N(CC(=O)Nc1ccccc1C(=O)N[C@H](C)c1ccccc1)S(=O)(=O)c1ccccc1. The summed E-state index contributed by atoms with van der Waals surface area (Å²) in [5.41, 5.74) is 2.61. The smallest absolute Gasteiger partial charge is 0.264 e. The fourth-order valence-electron chi connectivity index (χ4n) is 4.07. The Morgan fingerprint density at radius 3 is 2.05 bits per heavy atom. The topological polar surface area (TPSA) is 95.6 Å². The Kier molecular flexibility index (Phi) is 8.23. The van der Waals surface area contributed by atoms with Crippen molar-refractivity contribution >= 4 is 33.2 Å². The van der Waals surface area contributed by atoms with Crippen molar-refractivity contribution in [1.82, 2.24) is 5.32 Å². The quantitative estimate of drug-likeness (QED) is 0.308. The summed E-state index contributed by atoms with van der Waals surface area (Å²) in [4.78, 5) is 26.4. The van der Waals surface area contributed by atoms with Crippen molar-refractivity contribution in [3.63, 3.8) is 0 Å². The molecule has 2 amide bonds. The molecule has 4 aromatic carbocycles. The third-order valence-corrected chi connectivity index (χ3v) is 7.87. The summed E-state index contributed by atoms with van der Waals surface area (Å²) in [6.07, 6.45) is 0. The second-order valence-corrected chi connectivity index (χ2v) is 10.7. The minimum atomic E-state index is -4.04. The van der Waals surface area contributed by atoms with Crippen LogP contribution in [0.5, 0.6) is 0 Å². The van der Waals surface area contributed by atoms with E-state index < -0.39 is 22.5 Å². The molecule has 0 aromatic heterocycles. The van der Waals surface area contributed by atoms with Crippen LogP contribution in [0.15, 0.2) is 114 Å². The molecule has 0 saturated carbocycles. The normalized spacial score (nSPS) is 11.8. The molecule has 38 heavy (non-hydrogen) atoms. The first-order valence-corrected chi connectivity index (χ1v) is 13.6. The molecule has 0 spiro atoms. The van der Waals surface area contributed by atoms with Gasteiger partial charge < -0.3 is 10.6 Å². The number of carbonyl (C=O) groups is 2. The Hall–Kier alpha value is -4.43. The Balaban J connectivity index is 1.58. The van der Waals surface area contributed by atoms with Gasteiger partial charge in [-0.2, -0.15) is 0 Å². The second-order valence-electron chi connectivity index (χ2n) is 8.81. The average Bonchev–Trinajstić information content (AvgIpc) is 2.93. The summed E-state index contributed by atoms with van der Waals surface area (Å²) in [6.45, 7) is 3.19. The second kappa shape index (κ2) is 11.7. The van der Waals surface area contributed by atoms with Crippen molar-refractivity contribution in [3.05, 3.63) is 126 Å². The number of anilines is 2. The van der Waals surface area contributed by atoms with Gasteiger partial charge in [0, 0.05) is 0 Å². The predicted molar refractivity (Wildman–Crippen MR) is 150 cm³/mol. The Morgan fingerprint density at radius 2 is 1.37 bits per heavy atom. The third-order valence-electron chi connectivity index (χ3n) is 6.10. The van der Waals surface area contributed by atoms with E-state index in [9.17, 15) is 18.0 Å². The van der Waals surface area contributed by atoms with Gasteiger partial charge in [0.25, 0.3) is 15.9 Å². The maximum atomic E-state index is 13.6. The molecule has 0 aliphatic rings. The fraction of sp³-hybridized carbons (Fsp3) is 0.133. The van der Waals surface area contributed by atoms with Crippen LogP contribution in [0.1, 0.15) is 34.5 Å². The number of hydrogen-bond acceptors (Lipinski definition) is 4. The van der Waals surface area contributed by atoms with Crippen LogP contribution in [-0.2, 0) is 14.8 Å². The van der Waals surface area contributed by atoms with Gasteiger partial charge in [0.1, 0.15) is 6.54 Å². The summed E-state index contributed by atoms with van der Waals surface area (Å²) in [7, 11) is -4.04. The zero-order valence-electron chi connectivity index (χ0n) is 21.2. The molecule has 0 aliphatic heterocycles. The van der Waals surface area contributed by atoms with Crippen LogP contribution >= 0.6 is 0 Å². The lowest BCUT2D eigenvalue weighted by molar-refractivity contribution is -0.114. The molecule has 7 nitrogen and oxygen atoms in total. The molecular weight excluding hydrogens is 498 g/mol. The highest BCUT2D eigenvalue weighted by atomic mass is 32.2. The van der Waals surface area contributed by atoms with Crippen LogP contribution in [0, 0.1) is 6.92 Å². The highest BCUT2D eigenvalue weighted by Crippen LogP contribution is 2.27. The van der Waals surface area contributed by atoms with Gasteiger partial charge in [-0.3, -0.25) is 13.9 Å². The van der Waals surface area contributed by atoms with Gasteiger partial charge in [0.15, 0.2) is 0 Å². The van der Waals surface area contributed by atoms with Crippen LogP contribution in [0.25, 0.3) is 0 Å². The lowest BCUT2D eigenvalue weighted by Crippen LogP contribution is -2.39. The molecule has 4 aromatic rings. The molecule has 0 aliphatic carbocycles. The van der Waals surface area contributed by atoms with E-state index in [-0.39, 0.29) is 28.1 Å². The number of carbonyl (C=O) groups excluding carboxylic acids is 2. The summed E-state index contributed by atoms with van der Waals surface area (Å²) in [5, 5.41) is 5.69. The Morgan fingerprint density at radius 1 is 0.789 bits per heavy atom. The first kappa shape index (κ1) is 26.6. The van der Waals surface area contributed by atoms with Gasteiger partial charge in [-0.15, -0.1) is 0 Å². The summed E-state index contributed by atoms with van der Waals surface area (Å²) >= 11 is 0. The fourth-order valence-corrected chi connectivity index (χ4v) is 5.58. The number of nitrogens with one attached hydrogen (secondary N) is 2. The van der Waals surface area contributed by atoms with Crippen molar-refractivity contribution in [3.8, 4) is 0 Å². The maximum Gasteiger partial charge on any atom is 0.264 e. The van der Waals surface area contributed by atoms with Crippen LogP contribution in [0.2, 0.25) is 0 Å². The van der Waals surface area contributed by atoms with Crippen molar-refractivity contribution < 1.29 is 18.0 Å². The number of sulfonamides is 1. The van der Waals surface area contributed by atoms with Crippen LogP contribution in [-0.4, -0.2) is 26.8 Å². The summed E-state index contributed by atoms with van der Waals surface area (Å²) in [5.74, 6) is -0.936. The van der Waals surface area contributed by atoms with Crippen molar-refractivity contribution in [1.29, 1.82) is 0 Å². The molecule has 0 radical (unpaired) electrons. The first-order chi connectivity index (χ1) is 18.3. The predicted octanol–water partition coefficient (Wildman–Crippen LogP) is 5.32. The highest BCUT2D eigenvalue weighted by molar-refractivity contribution is 7.92. The number of benzene rings is 4. The number of hydrogen-bond donors (Lipinski definition) is 2. The Labute approximate surface area is 223 Å². The molecule has 194 valence electrons. The van der Waals surface area contributed by atoms with Crippen molar-refractivity contribution in [2.75, 3.05) is 16.2 Å². The molecule has 1 atom stereocenters. The maximum absolute atomic E-state index is 13.6. The minimum Gasteiger partial charge on any atom is -0.345 e. The molecule has 0 bridgehead atoms. The molecule has 0 saturated heterocycles. The van der Waals surface area contributed by atoms with E-state index in [1.165, 1.54) is 12.1 Å². The first-order valence-electron chi connectivity index (χ1n) is 12.2. The largest absolute Gasteiger partial charge is 0.345 e. The number of nitrogens with zero attached hydrogens (tertiary/aromatic N) is 1. The van der Waals surface area contributed by atoms with Crippen LogP contribution in [0.3, 0.4) is 0 Å². The number of para-hydroxylation sites is 2. The zero-order valence-corrected chi connectivity index (χ0v) is 22.0. The summed E-state index contributed by atoms with van der Waals surface area (Å²) < 4.78 is 28.3. The van der Waals surface area contributed by atoms with Gasteiger partial charge in [-0.1, -0.05) is 78.9 Å². The minimum absolute atomic E-state index is 0.0748. The van der Waals surface area contributed by atoms with Gasteiger partial charge in [-0.05, 0) is 55.3 Å². The molecule has 8 heteroatoms. The molecule has 0 fully saturated rings. The number of aryl methyl sites for hydroxylation is 1. The van der Waals surface area contributed by atoms with E-state index in [0.29, 0.717) is 11.3 Å². The monoisotopic (exact) mass is 527 g/mol. The van der Waals surface area contributed by atoms with E-state index in [1.807, 2.05) is 37.3 Å². The van der Waals surface area contributed by atoms with Gasteiger partial charge in [-0.25, -0.2) is 8.42 Å². The average molecular weight is 528 g/mol. The van der Waals surface area contributed by atoms with E-state index in [4.69, 9.17) is 0 Å². The van der Waals surface area contributed by atoms with E-state index in [2.05, 4.69) is 10.6 Å². The van der Waals surface area contributed by atoms with Gasteiger partial charge in [0.05, 0.1) is 27.9 Å².